The lowest BCUT2D eigenvalue weighted by molar-refractivity contribution is -0.131. The maximum atomic E-state index is 14.3. The molecule has 128 valence electrons. The molecular weight excluding hydrogens is 387 g/mol. The first kappa shape index (κ1) is 17.8. The largest absolute Gasteiger partial charge is 0.426 e. The molecule has 0 amide bonds. The van der Waals surface area contributed by atoms with E-state index in [1.807, 2.05) is 0 Å². The topological polar surface area (TPSA) is 64.1 Å². The van der Waals surface area contributed by atoms with Gasteiger partial charge < -0.3 is 10.1 Å². The Bertz CT molecular complexity index is 1000. The highest BCUT2D eigenvalue weighted by Gasteiger charge is 2.14. The van der Waals surface area contributed by atoms with E-state index in [0.717, 1.165) is 0 Å². The van der Waals surface area contributed by atoms with Crippen LogP contribution in [0.5, 0.6) is 5.75 Å². The zero-order chi connectivity index (χ0) is 18.1. The summed E-state index contributed by atoms with van der Waals surface area (Å²) in [6.45, 7) is 1.31. The van der Waals surface area contributed by atoms with Gasteiger partial charge >= 0.3 is 5.97 Å². The van der Waals surface area contributed by atoms with Gasteiger partial charge in [-0.15, -0.1) is 9.24 Å². The van der Waals surface area contributed by atoms with Crippen LogP contribution in [0.25, 0.3) is 10.9 Å². The Labute approximate surface area is 154 Å². The van der Waals surface area contributed by atoms with Crippen LogP contribution in [0.4, 0.5) is 15.9 Å². The summed E-state index contributed by atoms with van der Waals surface area (Å²) in [4.78, 5) is 19.5. The van der Waals surface area contributed by atoms with E-state index in [2.05, 4.69) is 24.5 Å². The van der Waals surface area contributed by atoms with Crippen molar-refractivity contribution in [3.63, 3.8) is 0 Å². The second-order valence-electron chi connectivity index (χ2n) is 5.07. The first-order chi connectivity index (χ1) is 11.9. The van der Waals surface area contributed by atoms with Crippen molar-refractivity contribution in [3.8, 4) is 5.75 Å². The molecule has 0 saturated heterocycles. The van der Waals surface area contributed by atoms with Gasteiger partial charge in [-0.25, -0.2) is 14.4 Å². The first-order valence-corrected chi connectivity index (χ1v) is 8.33. The number of fused-ring (bicyclic) bond motifs is 1. The van der Waals surface area contributed by atoms with Crippen molar-refractivity contribution >= 4 is 66.1 Å². The second kappa shape index (κ2) is 7.08. The van der Waals surface area contributed by atoms with Crippen molar-refractivity contribution < 1.29 is 13.9 Å². The van der Waals surface area contributed by atoms with Crippen LogP contribution in [0, 0.1) is 5.82 Å². The summed E-state index contributed by atoms with van der Waals surface area (Å²) in [5.74, 6) is -0.466. The molecule has 1 atom stereocenters. The molecule has 3 rings (SSSR count). The lowest BCUT2D eigenvalue weighted by Gasteiger charge is -2.12. The standard InChI is InChI=1S/C16H11Cl2FN3O2P/c1-7(23)24-12-4-8-11(5-13(12)25)20-6-21-16(8)22-10-3-2-9(17)14(18)15(10)19/h2-6H,25H2,1H3,(H,20,21,22). The van der Waals surface area contributed by atoms with Gasteiger partial charge in [0.15, 0.2) is 5.82 Å². The number of halogens is 3. The molecule has 1 heterocycles. The van der Waals surface area contributed by atoms with Gasteiger partial charge in [-0.1, -0.05) is 23.2 Å². The maximum Gasteiger partial charge on any atom is 0.308 e. The Morgan fingerprint density at radius 1 is 1.28 bits per heavy atom. The van der Waals surface area contributed by atoms with Crippen molar-refractivity contribution in [2.75, 3.05) is 5.32 Å². The Kier molecular flexibility index (Phi) is 5.04. The summed E-state index contributed by atoms with van der Waals surface area (Å²) in [7, 11) is 2.47. The molecule has 0 aliphatic heterocycles. The van der Waals surface area contributed by atoms with E-state index in [4.69, 9.17) is 27.9 Å². The Morgan fingerprint density at radius 3 is 2.76 bits per heavy atom. The molecule has 9 heteroatoms. The van der Waals surface area contributed by atoms with Gasteiger partial charge in [0.2, 0.25) is 0 Å². The summed E-state index contributed by atoms with van der Waals surface area (Å²) >= 11 is 11.6. The van der Waals surface area contributed by atoms with Crippen LogP contribution in [0.3, 0.4) is 0 Å². The average molecular weight is 398 g/mol. The van der Waals surface area contributed by atoms with Crippen LogP contribution >= 0.6 is 32.4 Å². The zero-order valence-corrected chi connectivity index (χ0v) is 15.5. The molecule has 0 aliphatic rings. The van der Waals surface area contributed by atoms with Crippen molar-refractivity contribution in [2.45, 2.75) is 6.92 Å². The minimum absolute atomic E-state index is 0.110. The number of nitrogens with zero attached hydrogens (tertiary/aromatic N) is 2. The van der Waals surface area contributed by atoms with Crippen LogP contribution in [0.2, 0.25) is 10.0 Å². The van der Waals surface area contributed by atoms with Crippen molar-refractivity contribution in [3.05, 3.63) is 46.5 Å². The number of hydrogen-bond donors (Lipinski definition) is 1. The van der Waals surface area contributed by atoms with Crippen LogP contribution in [-0.2, 0) is 4.79 Å². The fourth-order valence-electron chi connectivity index (χ4n) is 2.19. The molecule has 2 aromatic carbocycles. The van der Waals surface area contributed by atoms with E-state index >= 15 is 0 Å². The number of hydrogen-bond acceptors (Lipinski definition) is 5. The Hall–Kier alpha value is -2.01. The number of anilines is 2. The van der Waals surface area contributed by atoms with Gasteiger partial charge in [-0.05, 0) is 24.3 Å². The van der Waals surface area contributed by atoms with Crippen molar-refractivity contribution in [2.24, 2.45) is 0 Å². The molecule has 5 nitrogen and oxygen atoms in total. The molecule has 25 heavy (non-hydrogen) atoms. The third kappa shape index (κ3) is 3.66. The smallest absolute Gasteiger partial charge is 0.308 e. The summed E-state index contributed by atoms with van der Waals surface area (Å²) in [6.07, 6.45) is 1.34. The Morgan fingerprint density at radius 2 is 2.04 bits per heavy atom. The molecule has 0 radical (unpaired) electrons. The molecule has 0 fully saturated rings. The van der Waals surface area contributed by atoms with Crippen molar-refractivity contribution in [1.29, 1.82) is 0 Å². The average Bonchev–Trinajstić information content (AvgIpc) is 2.56. The Balaban J connectivity index is 2.10. The molecule has 0 spiro atoms. The van der Waals surface area contributed by atoms with Crippen LogP contribution in [0.15, 0.2) is 30.6 Å². The highest BCUT2D eigenvalue weighted by atomic mass is 35.5. The number of carbonyl (C=O) groups excluding carboxylic acids is 1. The number of ether oxygens (including phenoxy) is 1. The molecular formula is C16H11Cl2FN3O2P. The third-order valence-electron chi connectivity index (χ3n) is 3.31. The first-order valence-electron chi connectivity index (χ1n) is 7.00. The van der Waals surface area contributed by atoms with Crippen molar-refractivity contribution in [1.82, 2.24) is 9.97 Å². The third-order valence-corrected chi connectivity index (χ3v) is 4.54. The normalized spacial score (nSPS) is 10.8. The number of aromatic nitrogens is 2. The fourth-order valence-corrected chi connectivity index (χ4v) is 2.80. The molecule has 0 saturated carbocycles. The quantitative estimate of drug-likeness (QED) is 0.310. The van der Waals surface area contributed by atoms with E-state index in [1.54, 1.807) is 12.1 Å². The predicted octanol–water partition coefficient (Wildman–Crippen LogP) is 4.25. The van der Waals surface area contributed by atoms with Gasteiger partial charge in [0.05, 0.1) is 21.2 Å². The fraction of sp³-hybridized carbons (Fsp3) is 0.0625. The van der Waals surface area contributed by atoms with Gasteiger partial charge in [0.1, 0.15) is 17.9 Å². The van der Waals surface area contributed by atoms with E-state index in [-0.39, 0.29) is 15.7 Å². The summed E-state index contributed by atoms with van der Waals surface area (Å²) in [5, 5.41) is 4.01. The van der Waals surface area contributed by atoms with Gasteiger partial charge in [-0.3, -0.25) is 4.79 Å². The van der Waals surface area contributed by atoms with Crippen LogP contribution < -0.4 is 15.4 Å². The van der Waals surface area contributed by atoms with Gasteiger partial charge in [0, 0.05) is 17.6 Å². The van der Waals surface area contributed by atoms with E-state index in [1.165, 1.54) is 25.4 Å². The number of benzene rings is 2. The molecule has 0 aliphatic carbocycles. The number of nitrogens with one attached hydrogen (secondary N) is 1. The van der Waals surface area contributed by atoms with E-state index in [0.29, 0.717) is 27.8 Å². The summed E-state index contributed by atoms with van der Waals surface area (Å²) in [5.41, 5.74) is 0.706. The number of esters is 1. The number of carbonyl (C=O) groups is 1. The zero-order valence-electron chi connectivity index (χ0n) is 12.8. The highest BCUT2D eigenvalue weighted by molar-refractivity contribution is 7.27. The van der Waals surface area contributed by atoms with Crippen LogP contribution in [-0.4, -0.2) is 15.9 Å². The SMILES string of the molecule is CC(=O)Oc1cc2c(Nc3ccc(Cl)c(Cl)c3F)ncnc2cc1P. The molecule has 1 aromatic heterocycles. The van der Waals surface area contributed by atoms with Gasteiger partial charge in [-0.2, -0.15) is 0 Å². The molecule has 1 unspecified atom stereocenters. The van der Waals surface area contributed by atoms with E-state index in [9.17, 15) is 9.18 Å². The molecule has 0 bridgehead atoms. The minimum Gasteiger partial charge on any atom is -0.426 e. The van der Waals surface area contributed by atoms with Gasteiger partial charge in [0.25, 0.3) is 0 Å². The molecule has 3 aromatic rings. The predicted molar refractivity (Wildman–Crippen MR) is 99.9 cm³/mol. The highest BCUT2D eigenvalue weighted by Crippen LogP contribution is 2.33. The summed E-state index contributed by atoms with van der Waals surface area (Å²) in [6, 6.07) is 6.26. The maximum absolute atomic E-state index is 14.3. The monoisotopic (exact) mass is 397 g/mol. The number of rotatable bonds is 3. The molecule has 1 N–H and O–H groups in total. The van der Waals surface area contributed by atoms with E-state index < -0.39 is 11.8 Å². The lowest BCUT2D eigenvalue weighted by Crippen LogP contribution is -2.09. The lowest BCUT2D eigenvalue weighted by atomic mass is 10.2. The van der Waals surface area contributed by atoms with Crippen LogP contribution in [0.1, 0.15) is 6.92 Å². The minimum atomic E-state index is -0.691. The summed E-state index contributed by atoms with van der Waals surface area (Å²) < 4.78 is 19.4. The second-order valence-corrected chi connectivity index (χ2v) is 6.48.